The minimum absolute atomic E-state index is 0.0599. The topological polar surface area (TPSA) is 68.0 Å². The van der Waals surface area contributed by atoms with E-state index < -0.39 is 0 Å². The molecular weight excluding hydrogens is 394 g/mol. The molecule has 0 aliphatic carbocycles. The highest BCUT2D eigenvalue weighted by molar-refractivity contribution is 5.79. The predicted molar refractivity (Wildman–Crippen MR) is 120 cm³/mol. The van der Waals surface area contributed by atoms with E-state index in [4.69, 9.17) is 18.9 Å². The van der Waals surface area contributed by atoms with Gasteiger partial charge in [0, 0.05) is 31.7 Å². The Balaban J connectivity index is 1.78. The van der Waals surface area contributed by atoms with Gasteiger partial charge in [0.05, 0.1) is 31.4 Å². The molecule has 3 rings (SSSR count). The lowest BCUT2D eigenvalue weighted by Crippen LogP contribution is -2.44. The molecule has 1 aromatic carbocycles. The summed E-state index contributed by atoms with van der Waals surface area (Å²) in [7, 11) is 3.29. The molecule has 2 aromatic rings. The first-order valence-corrected chi connectivity index (χ1v) is 11.1. The van der Waals surface area contributed by atoms with Crippen molar-refractivity contribution >= 4 is 5.91 Å². The van der Waals surface area contributed by atoms with Crippen LogP contribution in [0.25, 0.3) is 11.5 Å². The summed E-state index contributed by atoms with van der Waals surface area (Å²) >= 11 is 0. The van der Waals surface area contributed by atoms with Gasteiger partial charge in [-0.15, -0.1) is 0 Å². The van der Waals surface area contributed by atoms with E-state index in [1.54, 1.807) is 14.2 Å². The van der Waals surface area contributed by atoms with E-state index in [1.165, 1.54) is 0 Å². The number of piperidine rings is 1. The minimum Gasteiger partial charge on any atom is -0.496 e. The molecule has 170 valence electrons. The number of amides is 1. The molecule has 1 fully saturated rings. The first kappa shape index (κ1) is 23.1. The van der Waals surface area contributed by atoms with E-state index in [0.717, 1.165) is 67.4 Å². The van der Waals surface area contributed by atoms with Gasteiger partial charge >= 0.3 is 0 Å². The highest BCUT2D eigenvalue weighted by Crippen LogP contribution is 2.38. The van der Waals surface area contributed by atoms with Crippen LogP contribution in [0.15, 0.2) is 16.5 Å². The molecule has 31 heavy (non-hydrogen) atoms. The molecular formula is C24H35N3O4. The maximum Gasteiger partial charge on any atom is 0.230 e. The van der Waals surface area contributed by atoms with Gasteiger partial charge in [-0.3, -0.25) is 9.69 Å². The van der Waals surface area contributed by atoms with Crippen molar-refractivity contribution in [3.8, 4) is 23.0 Å². The summed E-state index contributed by atoms with van der Waals surface area (Å²) in [5.41, 5.74) is 2.62. The van der Waals surface area contributed by atoms with Crippen molar-refractivity contribution in [2.24, 2.45) is 5.92 Å². The monoisotopic (exact) mass is 429 g/mol. The van der Waals surface area contributed by atoms with Crippen LogP contribution < -0.4 is 9.47 Å². The van der Waals surface area contributed by atoms with Crippen molar-refractivity contribution in [3.05, 3.63) is 29.2 Å². The molecule has 1 amide bonds. The molecule has 1 unspecified atom stereocenters. The molecule has 1 aliphatic heterocycles. The molecule has 1 aromatic heterocycles. The van der Waals surface area contributed by atoms with Crippen LogP contribution in [0, 0.1) is 19.8 Å². The first-order valence-electron chi connectivity index (χ1n) is 11.1. The molecule has 0 bridgehead atoms. The van der Waals surface area contributed by atoms with E-state index in [-0.39, 0.29) is 11.8 Å². The fourth-order valence-corrected chi connectivity index (χ4v) is 4.42. The number of aryl methyl sites for hydroxylation is 1. The van der Waals surface area contributed by atoms with E-state index in [2.05, 4.69) is 4.90 Å². The molecule has 0 N–H and O–H groups in total. The van der Waals surface area contributed by atoms with E-state index >= 15 is 0 Å². The van der Waals surface area contributed by atoms with Crippen LogP contribution in [-0.2, 0) is 11.3 Å². The fraction of sp³-hybridized carbons (Fsp3) is 0.583. The van der Waals surface area contributed by atoms with Crippen molar-refractivity contribution < 1.29 is 18.7 Å². The third-order valence-electron chi connectivity index (χ3n) is 6.21. The van der Waals surface area contributed by atoms with Gasteiger partial charge in [-0.25, -0.2) is 4.98 Å². The zero-order valence-corrected chi connectivity index (χ0v) is 19.7. The van der Waals surface area contributed by atoms with Gasteiger partial charge in [-0.05, 0) is 59.2 Å². The summed E-state index contributed by atoms with van der Waals surface area (Å²) in [4.78, 5) is 21.9. The second kappa shape index (κ2) is 10.2. The number of methoxy groups -OCH3 is 2. The Morgan fingerprint density at radius 1 is 1.23 bits per heavy atom. The van der Waals surface area contributed by atoms with Crippen LogP contribution in [0.5, 0.6) is 11.5 Å². The Hall–Kier alpha value is -2.54. The lowest BCUT2D eigenvalue weighted by molar-refractivity contribution is -0.137. The molecule has 1 saturated heterocycles. The van der Waals surface area contributed by atoms with Crippen LogP contribution >= 0.6 is 0 Å². The molecule has 0 spiro atoms. The quantitative estimate of drug-likeness (QED) is 0.630. The SMILES string of the molecule is CCN(CC)C(=O)C1CCCN(Cc2nc(-c3ccc(OC)c(C)c3OC)oc2C)C1. The number of rotatable bonds is 8. The second-order valence-corrected chi connectivity index (χ2v) is 8.08. The van der Waals surface area contributed by atoms with Gasteiger partial charge in [0.1, 0.15) is 17.3 Å². The third-order valence-corrected chi connectivity index (χ3v) is 6.21. The van der Waals surface area contributed by atoms with Crippen LogP contribution in [-0.4, -0.2) is 61.1 Å². The van der Waals surface area contributed by atoms with Crippen molar-refractivity contribution in [2.45, 2.75) is 47.1 Å². The number of ether oxygens (including phenoxy) is 2. The molecule has 0 saturated carbocycles. The smallest absolute Gasteiger partial charge is 0.230 e. The maximum absolute atomic E-state index is 12.8. The van der Waals surface area contributed by atoms with Gasteiger partial charge in [-0.2, -0.15) is 0 Å². The number of benzene rings is 1. The van der Waals surface area contributed by atoms with E-state index in [0.29, 0.717) is 18.2 Å². The summed E-state index contributed by atoms with van der Waals surface area (Å²) in [6.07, 6.45) is 1.98. The minimum atomic E-state index is 0.0599. The number of aromatic nitrogens is 1. The second-order valence-electron chi connectivity index (χ2n) is 8.08. The van der Waals surface area contributed by atoms with Crippen LogP contribution in [0.3, 0.4) is 0 Å². The van der Waals surface area contributed by atoms with Gasteiger partial charge in [-0.1, -0.05) is 0 Å². The summed E-state index contributed by atoms with van der Waals surface area (Å²) in [5, 5.41) is 0. The summed E-state index contributed by atoms with van der Waals surface area (Å²) in [5.74, 6) is 3.14. The van der Waals surface area contributed by atoms with Gasteiger partial charge in [0.2, 0.25) is 11.8 Å². The van der Waals surface area contributed by atoms with Crippen LogP contribution in [0.1, 0.15) is 43.7 Å². The standard InChI is InChI=1S/C24H35N3O4/c1-7-27(8-2)24(28)18-10-9-13-26(14-18)15-20-17(4)31-23(25-20)19-11-12-21(29-5)16(3)22(19)30-6/h11-12,18H,7-10,13-15H2,1-6H3. The summed E-state index contributed by atoms with van der Waals surface area (Å²) in [6, 6.07) is 3.82. The molecule has 7 nitrogen and oxygen atoms in total. The van der Waals surface area contributed by atoms with Crippen LogP contribution in [0.4, 0.5) is 0 Å². The normalized spacial score (nSPS) is 16.9. The number of oxazole rings is 1. The van der Waals surface area contributed by atoms with E-state index in [1.807, 2.05) is 44.7 Å². The Kier molecular flexibility index (Phi) is 7.59. The molecule has 1 aliphatic rings. The van der Waals surface area contributed by atoms with Crippen molar-refractivity contribution in [3.63, 3.8) is 0 Å². The molecule has 1 atom stereocenters. The largest absolute Gasteiger partial charge is 0.496 e. The van der Waals surface area contributed by atoms with Gasteiger partial charge in [0.15, 0.2) is 0 Å². The Labute approximate surface area is 185 Å². The number of hydrogen-bond donors (Lipinski definition) is 0. The number of carbonyl (C=O) groups is 1. The number of likely N-dealkylation sites (tertiary alicyclic amines) is 1. The third kappa shape index (κ3) is 4.87. The molecule has 2 heterocycles. The summed E-state index contributed by atoms with van der Waals surface area (Å²) in [6.45, 7) is 11.9. The van der Waals surface area contributed by atoms with Crippen LogP contribution in [0.2, 0.25) is 0 Å². The highest BCUT2D eigenvalue weighted by atomic mass is 16.5. The van der Waals surface area contributed by atoms with Gasteiger partial charge in [0.25, 0.3) is 0 Å². The zero-order chi connectivity index (χ0) is 22.5. The molecule has 7 heteroatoms. The Morgan fingerprint density at radius 3 is 2.61 bits per heavy atom. The number of carbonyl (C=O) groups excluding carboxylic acids is 1. The maximum atomic E-state index is 12.8. The average molecular weight is 430 g/mol. The predicted octanol–water partition coefficient (Wildman–Crippen LogP) is 4.06. The van der Waals surface area contributed by atoms with Crippen molar-refractivity contribution in [1.82, 2.24) is 14.8 Å². The number of nitrogens with zero attached hydrogens (tertiary/aromatic N) is 3. The summed E-state index contributed by atoms with van der Waals surface area (Å²) < 4.78 is 17.1. The zero-order valence-electron chi connectivity index (χ0n) is 19.7. The lowest BCUT2D eigenvalue weighted by Gasteiger charge is -2.34. The molecule has 0 radical (unpaired) electrons. The van der Waals surface area contributed by atoms with Crippen molar-refractivity contribution in [1.29, 1.82) is 0 Å². The van der Waals surface area contributed by atoms with Crippen molar-refractivity contribution in [2.75, 3.05) is 40.4 Å². The Morgan fingerprint density at radius 2 is 1.97 bits per heavy atom. The average Bonchev–Trinajstić information content (AvgIpc) is 3.14. The van der Waals surface area contributed by atoms with E-state index in [9.17, 15) is 4.79 Å². The van der Waals surface area contributed by atoms with Gasteiger partial charge < -0.3 is 18.8 Å². The number of hydrogen-bond acceptors (Lipinski definition) is 6. The highest BCUT2D eigenvalue weighted by Gasteiger charge is 2.29. The Bertz CT molecular complexity index is 904. The lowest BCUT2D eigenvalue weighted by atomic mass is 9.96. The first-order chi connectivity index (χ1) is 14.9. The fourth-order valence-electron chi connectivity index (χ4n) is 4.42.